The van der Waals surface area contributed by atoms with Crippen LogP contribution in [-0.2, 0) is 0 Å². The Balaban J connectivity index is 2.25. The lowest BCUT2D eigenvalue weighted by Crippen LogP contribution is -2.35. The van der Waals surface area contributed by atoms with Gasteiger partial charge in [-0.2, -0.15) is 0 Å². The van der Waals surface area contributed by atoms with Crippen molar-refractivity contribution in [2.75, 3.05) is 0 Å². The third kappa shape index (κ3) is 1.38. The fourth-order valence-corrected chi connectivity index (χ4v) is 2.71. The van der Waals surface area contributed by atoms with Gasteiger partial charge in [0.2, 0.25) is 0 Å². The molecule has 2 aliphatic heterocycles. The Bertz CT molecular complexity index is 502. The Morgan fingerprint density at radius 2 is 2.07 bits per heavy atom. The summed E-state index contributed by atoms with van der Waals surface area (Å²) >= 11 is 3.62. The SMILES string of the molecule is BrC1=Cc2ccccc2C2=CC=CNB12. The molecule has 0 radical (unpaired) electrons. The quantitative estimate of drug-likeness (QED) is 0.705. The summed E-state index contributed by atoms with van der Waals surface area (Å²) in [6.45, 7) is 0.282. The number of halogens is 1. The molecule has 0 bridgehead atoms. The lowest BCUT2D eigenvalue weighted by molar-refractivity contribution is 1.32. The average molecular weight is 258 g/mol. The molecule has 0 unspecified atom stereocenters. The van der Waals surface area contributed by atoms with Crippen LogP contribution in [0.2, 0.25) is 0 Å². The molecule has 0 saturated heterocycles. The molecule has 3 rings (SSSR count). The molecule has 1 N–H and O–H groups in total. The summed E-state index contributed by atoms with van der Waals surface area (Å²) in [7, 11) is 0. The molecule has 2 heterocycles. The molecule has 0 spiro atoms. The first-order valence-electron chi connectivity index (χ1n) is 4.95. The van der Waals surface area contributed by atoms with E-state index in [1.165, 1.54) is 21.0 Å². The van der Waals surface area contributed by atoms with Gasteiger partial charge in [0.25, 0.3) is 0 Å². The van der Waals surface area contributed by atoms with Gasteiger partial charge < -0.3 is 5.23 Å². The molecule has 1 aromatic rings. The number of benzene rings is 1. The fourth-order valence-electron chi connectivity index (χ4n) is 2.08. The Morgan fingerprint density at radius 1 is 1.20 bits per heavy atom. The van der Waals surface area contributed by atoms with Crippen molar-refractivity contribution < 1.29 is 0 Å². The Labute approximate surface area is 97.8 Å². The predicted molar refractivity (Wildman–Crippen MR) is 69.4 cm³/mol. The Hall–Kier alpha value is -1.22. The zero-order valence-electron chi connectivity index (χ0n) is 8.07. The van der Waals surface area contributed by atoms with E-state index < -0.39 is 0 Å². The number of hydrogen-bond acceptors (Lipinski definition) is 1. The number of fused-ring (bicyclic) bond motifs is 3. The molecule has 2 aliphatic rings. The van der Waals surface area contributed by atoms with Gasteiger partial charge >= 0.3 is 6.85 Å². The van der Waals surface area contributed by atoms with Crippen LogP contribution in [0.15, 0.2) is 47.0 Å². The first kappa shape index (κ1) is 9.04. The van der Waals surface area contributed by atoms with Gasteiger partial charge in [-0.15, -0.1) is 0 Å². The topological polar surface area (TPSA) is 12.0 Å². The molecule has 1 aromatic carbocycles. The maximum Gasteiger partial charge on any atom is 0.328 e. The standard InChI is InChI=1S/C12H9BBrN/c14-12-8-9-4-1-2-5-10(9)11-6-3-7-15-13(11)12/h1-8,15H. The summed E-state index contributed by atoms with van der Waals surface area (Å²) in [5.74, 6) is 0. The highest BCUT2D eigenvalue weighted by Gasteiger charge is 2.29. The molecular formula is C12H9BBrN. The van der Waals surface area contributed by atoms with Crippen LogP contribution in [0.25, 0.3) is 11.5 Å². The van der Waals surface area contributed by atoms with Crippen LogP contribution in [0.4, 0.5) is 0 Å². The van der Waals surface area contributed by atoms with E-state index in [0.29, 0.717) is 0 Å². The second-order valence-corrected chi connectivity index (χ2v) is 4.61. The van der Waals surface area contributed by atoms with E-state index in [1.54, 1.807) is 0 Å². The normalized spacial score (nSPS) is 17.3. The van der Waals surface area contributed by atoms with Gasteiger partial charge in [-0.05, 0) is 33.3 Å². The molecule has 0 atom stereocenters. The van der Waals surface area contributed by atoms with E-state index in [2.05, 4.69) is 57.6 Å². The van der Waals surface area contributed by atoms with Crippen LogP contribution in [-0.4, -0.2) is 6.85 Å². The largest absolute Gasteiger partial charge is 0.426 e. The van der Waals surface area contributed by atoms with Crippen molar-refractivity contribution in [3.63, 3.8) is 0 Å². The second-order valence-electron chi connectivity index (χ2n) is 3.70. The van der Waals surface area contributed by atoms with Crippen molar-refractivity contribution in [3.05, 3.63) is 58.1 Å². The van der Waals surface area contributed by atoms with E-state index in [-0.39, 0.29) is 6.85 Å². The summed E-state index contributed by atoms with van der Waals surface area (Å²) in [5.41, 5.74) is 3.94. The summed E-state index contributed by atoms with van der Waals surface area (Å²) in [6, 6.07) is 8.47. The molecular weight excluding hydrogens is 249 g/mol. The minimum atomic E-state index is 0.282. The third-order valence-corrected chi connectivity index (χ3v) is 3.47. The van der Waals surface area contributed by atoms with E-state index >= 15 is 0 Å². The smallest absolute Gasteiger partial charge is 0.328 e. The van der Waals surface area contributed by atoms with Crippen LogP contribution in [0.1, 0.15) is 11.1 Å². The summed E-state index contributed by atoms with van der Waals surface area (Å²) in [6.07, 6.45) is 8.39. The zero-order chi connectivity index (χ0) is 10.3. The van der Waals surface area contributed by atoms with Crippen LogP contribution in [0, 0.1) is 0 Å². The summed E-state index contributed by atoms with van der Waals surface area (Å²) < 4.78 is 1.19. The van der Waals surface area contributed by atoms with Crippen LogP contribution < -0.4 is 5.23 Å². The molecule has 0 saturated carbocycles. The third-order valence-electron chi connectivity index (χ3n) is 2.79. The van der Waals surface area contributed by atoms with Crippen molar-refractivity contribution in [1.29, 1.82) is 0 Å². The van der Waals surface area contributed by atoms with Crippen molar-refractivity contribution >= 4 is 34.3 Å². The minimum Gasteiger partial charge on any atom is -0.426 e. The van der Waals surface area contributed by atoms with Gasteiger partial charge in [-0.3, -0.25) is 0 Å². The highest BCUT2D eigenvalue weighted by Crippen LogP contribution is 2.34. The van der Waals surface area contributed by atoms with Crippen LogP contribution in [0.5, 0.6) is 0 Å². The number of rotatable bonds is 0. The summed E-state index contributed by atoms with van der Waals surface area (Å²) in [4.78, 5) is 0. The van der Waals surface area contributed by atoms with Gasteiger partial charge in [0.05, 0.1) is 0 Å². The first-order chi connectivity index (χ1) is 7.36. The maximum atomic E-state index is 3.62. The highest BCUT2D eigenvalue weighted by atomic mass is 79.9. The number of nitrogens with one attached hydrogen (secondary N) is 1. The van der Waals surface area contributed by atoms with Crippen LogP contribution >= 0.6 is 15.9 Å². The van der Waals surface area contributed by atoms with Crippen molar-refractivity contribution in [2.24, 2.45) is 0 Å². The van der Waals surface area contributed by atoms with Gasteiger partial charge in [-0.25, -0.2) is 0 Å². The van der Waals surface area contributed by atoms with E-state index in [0.717, 1.165) is 0 Å². The lowest BCUT2D eigenvalue weighted by atomic mass is 9.50. The first-order valence-corrected chi connectivity index (χ1v) is 5.75. The average Bonchev–Trinajstić information content (AvgIpc) is 2.30. The van der Waals surface area contributed by atoms with E-state index in [9.17, 15) is 0 Å². The predicted octanol–water partition coefficient (Wildman–Crippen LogP) is 3.01. The molecule has 0 aliphatic carbocycles. The fraction of sp³-hybridized carbons (Fsp3) is 0. The molecule has 1 nitrogen and oxygen atoms in total. The molecule has 0 amide bonds. The maximum absolute atomic E-state index is 3.62. The van der Waals surface area contributed by atoms with Crippen molar-refractivity contribution in [3.8, 4) is 0 Å². The van der Waals surface area contributed by atoms with Gasteiger partial charge in [0.15, 0.2) is 0 Å². The highest BCUT2D eigenvalue weighted by molar-refractivity contribution is 9.12. The molecule has 0 aromatic heterocycles. The van der Waals surface area contributed by atoms with Gasteiger partial charge in [0, 0.05) is 0 Å². The molecule has 3 heteroatoms. The number of hydrogen-bond donors (Lipinski definition) is 1. The van der Waals surface area contributed by atoms with E-state index in [1.807, 2.05) is 12.3 Å². The van der Waals surface area contributed by atoms with Gasteiger partial charge in [-0.1, -0.05) is 52.3 Å². The van der Waals surface area contributed by atoms with Crippen LogP contribution in [0.3, 0.4) is 0 Å². The van der Waals surface area contributed by atoms with Crippen molar-refractivity contribution in [1.82, 2.24) is 5.23 Å². The molecule has 72 valence electrons. The Kier molecular flexibility index (Phi) is 2.06. The molecule has 0 fully saturated rings. The van der Waals surface area contributed by atoms with E-state index in [4.69, 9.17) is 0 Å². The summed E-state index contributed by atoms with van der Waals surface area (Å²) in [5, 5.41) is 3.35. The number of allylic oxidation sites excluding steroid dienone is 2. The minimum absolute atomic E-state index is 0.282. The van der Waals surface area contributed by atoms with Crippen molar-refractivity contribution in [2.45, 2.75) is 0 Å². The van der Waals surface area contributed by atoms with Gasteiger partial charge in [0.1, 0.15) is 0 Å². The molecule has 15 heavy (non-hydrogen) atoms. The Morgan fingerprint density at radius 3 is 3.00 bits per heavy atom. The second kappa shape index (κ2) is 3.42. The lowest BCUT2D eigenvalue weighted by Gasteiger charge is -2.25. The zero-order valence-corrected chi connectivity index (χ0v) is 9.66. The monoisotopic (exact) mass is 257 g/mol.